The summed E-state index contributed by atoms with van der Waals surface area (Å²) in [5.41, 5.74) is 6.19. The predicted octanol–water partition coefficient (Wildman–Crippen LogP) is 7.43. The molecule has 3 aromatic carbocycles. The number of hydrogen-bond acceptors (Lipinski definition) is 3. The van der Waals surface area contributed by atoms with Gasteiger partial charge in [0.15, 0.2) is 0 Å². The number of nitrogens with one attached hydrogen (secondary N) is 1. The molecule has 0 bridgehead atoms. The van der Waals surface area contributed by atoms with Crippen molar-refractivity contribution >= 4 is 19.8 Å². The number of benzene rings is 3. The van der Waals surface area contributed by atoms with E-state index in [4.69, 9.17) is 4.74 Å². The van der Waals surface area contributed by atoms with Crippen LogP contribution in [0.4, 0.5) is 0 Å². The van der Waals surface area contributed by atoms with Gasteiger partial charge in [-0.2, -0.15) is 0 Å². The topological polar surface area (TPSA) is 58.1 Å². The third-order valence-corrected chi connectivity index (χ3v) is 13.5. The average Bonchev–Trinajstić information content (AvgIpc) is 3.45. The molecule has 2 N–H and O–H groups in total. The standard InChI is InChI=1S/C31H35IN2O2/c1-2-36-30-13-7-6-12-28(30)31(35)24-11-8-18-32(20-27-21-33-22-34-27)29-17-16-25(19-26(29)15-14-24)23-9-4-3-5-10-23/h3-7,9-10,12-13,16-17,19,21-22,24,31,35H,2,8,11,14-15,18,20H2,1H3,(H,33,34). The summed E-state index contributed by atoms with van der Waals surface area (Å²) in [4.78, 5) is 7.62. The van der Waals surface area contributed by atoms with Crippen LogP contribution in [0.5, 0.6) is 5.75 Å². The molecule has 4 aromatic rings. The monoisotopic (exact) mass is 594 g/mol. The average molecular weight is 595 g/mol. The van der Waals surface area contributed by atoms with Crippen LogP contribution in [0.1, 0.15) is 49.1 Å². The molecule has 36 heavy (non-hydrogen) atoms. The van der Waals surface area contributed by atoms with E-state index in [-0.39, 0.29) is 5.92 Å². The minimum absolute atomic E-state index is 0.211. The Kier molecular flexibility index (Phi) is 8.39. The van der Waals surface area contributed by atoms with Gasteiger partial charge in [-0.05, 0) is 0 Å². The van der Waals surface area contributed by atoms with Crippen molar-refractivity contribution in [1.29, 1.82) is 0 Å². The van der Waals surface area contributed by atoms with Crippen LogP contribution in [0, 0.1) is 9.49 Å². The van der Waals surface area contributed by atoms with Crippen LogP contribution in [-0.4, -0.2) is 26.1 Å². The van der Waals surface area contributed by atoms with Crippen LogP contribution in [0.25, 0.3) is 11.1 Å². The Morgan fingerprint density at radius 2 is 1.86 bits per heavy atom. The molecular formula is C31H35IN2O2. The van der Waals surface area contributed by atoms with Gasteiger partial charge in [-0.15, -0.1) is 0 Å². The molecule has 2 unspecified atom stereocenters. The zero-order valence-electron chi connectivity index (χ0n) is 20.9. The molecule has 1 aliphatic rings. The molecular weight excluding hydrogens is 559 g/mol. The van der Waals surface area contributed by atoms with Crippen molar-refractivity contribution in [2.24, 2.45) is 5.92 Å². The summed E-state index contributed by atoms with van der Waals surface area (Å²) in [5, 5.41) is 11.5. The predicted molar refractivity (Wildman–Crippen MR) is 155 cm³/mol. The Morgan fingerprint density at radius 3 is 2.67 bits per heavy atom. The summed E-state index contributed by atoms with van der Waals surface area (Å²) >= 11 is -1.48. The number of aliphatic hydroxyl groups is 1. The van der Waals surface area contributed by atoms with E-state index in [1.165, 1.54) is 26.8 Å². The minimum atomic E-state index is -1.48. The Morgan fingerprint density at radius 1 is 1.03 bits per heavy atom. The number of aliphatic hydroxyl groups excluding tert-OH is 1. The SMILES string of the molecule is CCOc1ccccc1C(O)C1CCCI(Cc2cnc[nH]2)c2ccc(-c3ccccc3)cc2CC1. The molecule has 0 aliphatic carbocycles. The number of para-hydroxylation sites is 1. The van der Waals surface area contributed by atoms with Crippen LogP contribution < -0.4 is 4.74 Å². The number of alkyl halides is 2. The number of aryl methyl sites for hydroxylation is 1. The number of fused-ring (bicyclic) bond motifs is 1. The fourth-order valence-corrected chi connectivity index (χ4v) is 11.4. The fraction of sp³-hybridized carbons (Fsp3) is 0.323. The molecule has 0 amide bonds. The van der Waals surface area contributed by atoms with Gasteiger partial charge in [0.2, 0.25) is 0 Å². The summed E-state index contributed by atoms with van der Waals surface area (Å²) < 4.78 is 9.82. The van der Waals surface area contributed by atoms with Gasteiger partial charge in [0.1, 0.15) is 0 Å². The summed E-state index contributed by atoms with van der Waals surface area (Å²) in [5.74, 6) is 1.02. The van der Waals surface area contributed by atoms with Gasteiger partial charge in [0.25, 0.3) is 0 Å². The van der Waals surface area contributed by atoms with Crippen LogP contribution in [0.15, 0.2) is 85.3 Å². The number of ether oxygens (including phenoxy) is 1. The van der Waals surface area contributed by atoms with Gasteiger partial charge in [0.05, 0.1) is 0 Å². The molecule has 2 atom stereocenters. The number of rotatable bonds is 7. The quantitative estimate of drug-likeness (QED) is 0.173. The zero-order valence-corrected chi connectivity index (χ0v) is 23.0. The van der Waals surface area contributed by atoms with Crippen molar-refractivity contribution < 1.29 is 9.84 Å². The third kappa shape index (κ3) is 5.84. The normalized spacial score (nSPS) is 17.9. The van der Waals surface area contributed by atoms with Gasteiger partial charge in [-0.1, -0.05) is 0 Å². The van der Waals surface area contributed by atoms with E-state index in [9.17, 15) is 5.11 Å². The number of imidazole rings is 1. The molecule has 2 heterocycles. The molecule has 1 aliphatic heterocycles. The Labute approximate surface area is 221 Å². The van der Waals surface area contributed by atoms with Gasteiger partial charge in [-0.25, -0.2) is 0 Å². The van der Waals surface area contributed by atoms with Crippen LogP contribution in [0.2, 0.25) is 0 Å². The number of nitrogens with zero attached hydrogens (tertiary/aromatic N) is 1. The van der Waals surface area contributed by atoms with Crippen molar-refractivity contribution in [2.45, 2.75) is 43.1 Å². The number of halogens is 1. The number of H-pyrrole nitrogens is 1. The molecule has 0 saturated carbocycles. The van der Waals surface area contributed by atoms with Crippen molar-refractivity contribution in [2.75, 3.05) is 11.0 Å². The maximum atomic E-state index is 11.5. The van der Waals surface area contributed by atoms with Crippen molar-refractivity contribution in [1.82, 2.24) is 9.97 Å². The van der Waals surface area contributed by atoms with E-state index in [1.807, 2.05) is 37.4 Å². The maximum absolute atomic E-state index is 11.5. The first kappa shape index (κ1) is 25.0. The van der Waals surface area contributed by atoms with Gasteiger partial charge < -0.3 is 0 Å². The van der Waals surface area contributed by atoms with Crippen molar-refractivity contribution in [3.63, 3.8) is 0 Å². The fourth-order valence-electron chi connectivity index (χ4n) is 5.18. The van der Waals surface area contributed by atoms with Crippen LogP contribution >= 0.6 is 19.8 Å². The van der Waals surface area contributed by atoms with E-state index in [1.54, 1.807) is 9.90 Å². The van der Waals surface area contributed by atoms with E-state index in [0.29, 0.717) is 6.61 Å². The molecule has 0 radical (unpaired) electrons. The molecule has 4 nitrogen and oxygen atoms in total. The van der Waals surface area contributed by atoms with Crippen LogP contribution in [-0.2, 0) is 10.8 Å². The Hall–Kier alpha value is -2.64. The molecule has 188 valence electrons. The van der Waals surface area contributed by atoms with Gasteiger partial charge in [0, 0.05) is 0 Å². The van der Waals surface area contributed by atoms with E-state index < -0.39 is 25.9 Å². The van der Waals surface area contributed by atoms with E-state index in [0.717, 1.165) is 41.4 Å². The van der Waals surface area contributed by atoms with Gasteiger partial charge >= 0.3 is 222 Å². The summed E-state index contributed by atoms with van der Waals surface area (Å²) in [6, 6.07) is 25.8. The van der Waals surface area contributed by atoms with Crippen LogP contribution in [0.3, 0.4) is 0 Å². The molecule has 1 aromatic heterocycles. The second-order valence-corrected chi connectivity index (χ2v) is 15.0. The first-order valence-electron chi connectivity index (χ1n) is 12.9. The van der Waals surface area contributed by atoms with Crippen molar-refractivity contribution in [3.8, 4) is 16.9 Å². The summed E-state index contributed by atoms with van der Waals surface area (Å²) in [7, 11) is 0. The Bertz CT molecular complexity index is 1240. The molecule has 0 saturated heterocycles. The number of aromatic nitrogens is 2. The van der Waals surface area contributed by atoms with E-state index >= 15 is 0 Å². The summed E-state index contributed by atoms with van der Waals surface area (Å²) in [6.45, 7) is 2.60. The first-order chi connectivity index (χ1) is 17.7. The summed E-state index contributed by atoms with van der Waals surface area (Å²) in [6.07, 6.45) is 7.42. The Balaban J connectivity index is 1.46. The zero-order chi connectivity index (χ0) is 24.7. The van der Waals surface area contributed by atoms with E-state index in [2.05, 4.69) is 58.5 Å². The third-order valence-electron chi connectivity index (χ3n) is 7.01. The molecule has 0 fully saturated rings. The first-order valence-corrected chi connectivity index (χ1v) is 17.0. The molecule has 0 spiro atoms. The van der Waals surface area contributed by atoms with Gasteiger partial charge in [-0.3, -0.25) is 0 Å². The second kappa shape index (κ2) is 12.1. The number of aromatic amines is 1. The molecule has 5 heteroatoms. The number of hydrogen-bond donors (Lipinski definition) is 2. The molecule has 5 rings (SSSR count). The second-order valence-electron chi connectivity index (χ2n) is 9.38. The van der Waals surface area contributed by atoms with Crippen molar-refractivity contribution in [3.05, 3.63) is 106 Å².